The van der Waals surface area contributed by atoms with Gasteiger partial charge in [0.15, 0.2) is 0 Å². The van der Waals surface area contributed by atoms with Crippen LogP contribution in [0.1, 0.15) is 42.7 Å². The van der Waals surface area contributed by atoms with Gasteiger partial charge in [-0.1, -0.05) is 12.1 Å². The minimum Gasteiger partial charge on any atom is -0.508 e. The Labute approximate surface area is 276 Å². The Bertz CT molecular complexity index is 1880. The highest BCUT2D eigenvalue weighted by Crippen LogP contribution is 2.52. The van der Waals surface area contributed by atoms with Crippen LogP contribution in [0.3, 0.4) is 0 Å². The van der Waals surface area contributed by atoms with Crippen molar-refractivity contribution in [2.45, 2.75) is 49.0 Å². The summed E-state index contributed by atoms with van der Waals surface area (Å²) in [5, 5.41) is 20.9. The molecule has 3 aromatic rings. The zero-order chi connectivity index (χ0) is 35.1. The number of β-lactam (4-membered cyclic amide) rings is 1. The predicted molar refractivity (Wildman–Crippen MR) is 169 cm³/mol. The monoisotopic (exact) mass is 678 g/mol. The third kappa shape index (κ3) is 6.12. The van der Waals surface area contributed by atoms with Crippen molar-refractivity contribution in [3.8, 4) is 17.1 Å². The molecule has 0 radical (unpaired) electrons. The number of benzene rings is 2. The Morgan fingerprint density at radius 2 is 1.75 bits per heavy atom. The number of hydrogen-bond donors (Lipinski definition) is 5. The van der Waals surface area contributed by atoms with E-state index in [-0.39, 0.29) is 29.4 Å². The summed E-state index contributed by atoms with van der Waals surface area (Å²) >= 11 is 1.10. The lowest BCUT2D eigenvalue weighted by Gasteiger charge is -2.47. The third-order valence-corrected chi connectivity index (χ3v) is 9.36. The number of phenolic OH excluding ortho intramolecular Hbond substituents is 1. The van der Waals surface area contributed by atoms with Crippen molar-refractivity contribution < 1.29 is 43.7 Å². The van der Waals surface area contributed by atoms with Gasteiger partial charge in [-0.2, -0.15) is 0 Å². The van der Waals surface area contributed by atoms with E-state index >= 15 is 0 Å². The van der Waals surface area contributed by atoms with E-state index in [1.165, 1.54) is 48.5 Å². The van der Waals surface area contributed by atoms with Gasteiger partial charge < -0.3 is 35.9 Å². The molecule has 0 unspecified atom stereocenters. The molecule has 17 heteroatoms. The van der Waals surface area contributed by atoms with Crippen LogP contribution >= 0.6 is 11.8 Å². The highest BCUT2D eigenvalue weighted by molar-refractivity contribution is 8.01. The van der Waals surface area contributed by atoms with E-state index in [1.54, 1.807) is 20.8 Å². The van der Waals surface area contributed by atoms with Gasteiger partial charge in [-0.3, -0.25) is 28.9 Å². The number of carbonyl (C=O) groups is 6. The maximum atomic E-state index is 14.0. The minimum absolute atomic E-state index is 0.0155. The molecule has 4 amide bonds. The summed E-state index contributed by atoms with van der Waals surface area (Å²) < 4.78 is 3.67. The molecule has 0 bridgehead atoms. The fraction of sp³-hybridized carbons (Fsp3) is 0.290. The summed E-state index contributed by atoms with van der Waals surface area (Å²) in [6.07, 6.45) is 0.937. The van der Waals surface area contributed by atoms with Crippen molar-refractivity contribution in [3.63, 3.8) is 0 Å². The van der Waals surface area contributed by atoms with E-state index in [2.05, 4.69) is 20.0 Å². The molecule has 3 heterocycles. The molecule has 2 aliphatic heterocycles. The van der Waals surface area contributed by atoms with Gasteiger partial charge in [0.2, 0.25) is 0 Å². The van der Waals surface area contributed by atoms with E-state index < -0.39 is 74.9 Å². The van der Waals surface area contributed by atoms with Crippen LogP contribution < -0.4 is 16.6 Å². The number of esters is 1. The molecule has 48 heavy (non-hydrogen) atoms. The lowest BCUT2D eigenvalue weighted by Crippen LogP contribution is -2.72. The van der Waals surface area contributed by atoms with Gasteiger partial charge in [0.1, 0.15) is 40.6 Å². The zero-order valence-corrected chi connectivity index (χ0v) is 26.5. The van der Waals surface area contributed by atoms with Gasteiger partial charge in [-0.05, 0) is 62.7 Å². The number of imide groups is 1. The van der Waals surface area contributed by atoms with Gasteiger partial charge >= 0.3 is 17.8 Å². The zero-order valence-electron chi connectivity index (χ0n) is 25.7. The lowest BCUT2D eigenvalue weighted by molar-refractivity contribution is -0.166. The van der Waals surface area contributed by atoms with Gasteiger partial charge in [-0.25, -0.2) is 14.6 Å². The molecule has 2 aliphatic rings. The van der Waals surface area contributed by atoms with Crippen LogP contribution in [-0.4, -0.2) is 94.4 Å². The number of amides is 4. The van der Waals surface area contributed by atoms with Crippen LogP contribution in [0.25, 0.3) is 11.4 Å². The van der Waals surface area contributed by atoms with Gasteiger partial charge in [-0.15, -0.1) is 11.8 Å². The number of aromatic hydroxyl groups is 1. The number of aliphatic carboxylic acids is 1. The number of aromatic amines is 1. The number of thioether (sulfide) groups is 1. The summed E-state index contributed by atoms with van der Waals surface area (Å²) in [6, 6.07) is 6.92. The number of hydrogen-bond acceptors (Lipinski definition) is 12. The molecule has 0 saturated carbocycles. The number of fused-ring (bicyclic) bond motifs is 1. The van der Waals surface area contributed by atoms with Crippen LogP contribution in [0.4, 0.5) is 5.69 Å². The number of rotatable bonds is 8. The van der Waals surface area contributed by atoms with Crippen LogP contribution in [0, 0.1) is 0 Å². The number of aromatic nitrogens is 2. The number of anilines is 1. The SMILES string of the molecule is CCOC(=O)C(=O)Nc1ccc(-c2ncc(C(=O)N(C(=O)[C@H](N)c3ccc(O)cc3)[C@@H]3C(=O)N4[C@@H]3SC(C)(C)[C@@H]4C(=O)O)c(=O)[nH]2)cc1. The lowest BCUT2D eigenvalue weighted by atomic mass is 9.94. The number of carboxylic acid groups (broad SMARTS) is 1. The number of H-pyrrole nitrogens is 1. The molecule has 2 aromatic carbocycles. The molecular weight excluding hydrogens is 648 g/mol. The molecule has 0 spiro atoms. The van der Waals surface area contributed by atoms with Crippen LogP contribution in [0.15, 0.2) is 59.5 Å². The van der Waals surface area contributed by atoms with Crippen molar-refractivity contribution in [1.29, 1.82) is 0 Å². The first-order valence-corrected chi connectivity index (χ1v) is 15.4. The Kier molecular flexibility index (Phi) is 9.10. The first kappa shape index (κ1) is 33.8. The number of nitrogens with zero attached hydrogens (tertiary/aromatic N) is 3. The Hall–Kier alpha value is -5.55. The molecule has 0 aliphatic carbocycles. The molecule has 16 nitrogen and oxygen atoms in total. The van der Waals surface area contributed by atoms with Gasteiger partial charge in [0, 0.05) is 22.2 Å². The van der Waals surface area contributed by atoms with Gasteiger partial charge in [0.25, 0.3) is 23.3 Å². The molecule has 5 rings (SSSR count). The molecule has 6 N–H and O–H groups in total. The summed E-state index contributed by atoms with van der Waals surface area (Å²) in [7, 11) is 0. The summed E-state index contributed by atoms with van der Waals surface area (Å²) in [6.45, 7) is 4.84. The predicted octanol–water partition coefficient (Wildman–Crippen LogP) is 0.828. The molecule has 1 aromatic heterocycles. The second-order valence-corrected chi connectivity index (χ2v) is 13.1. The smallest absolute Gasteiger partial charge is 0.397 e. The van der Waals surface area contributed by atoms with E-state index in [9.17, 15) is 43.8 Å². The molecule has 2 saturated heterocycles. The number of carbonyl (C=O) groups excluding carboxylic acids is 5. The number of nitrogens with one attached hydrogen (secondary N) is 2. The van der Waals surface area contributed by atoms with Crippen LogP contribution in [0.2, 0.25) is 0 Å². The highest BCUT2D eigenvalue weighted by atomic mass is 32.2. The standard InChI is InChI=1S/C31H30N6O10S/c1-4-47-30(46)24(40)34-16-9-5-15(6-10-16)22-33-13-18(23(39)35-22)25(41)36(26(42)19(32)14-7-11-17(38)12-8-14)20-27(43)37-21(29(44)45)31(2,3)48-28(20)37/h5-13,19-21,28,38H,4,32H2,1-3H3,(H,34,40)(H,44,45)(H,33,35,39)/t19-,20-,21+,28-/m1/s1. The number of carboxylic acids is 1. The number of nitrogens with two attached hydrogens (primary N) is 1. The number of ether oxygens (including phenoxy) is 1. The normalized spacial score (nSPS) is 19.8. The highest BCUT2D eigenvalue weighted by Gasteiger charge is 2.66. The van der Waals surface area contributed by atoms with Crippen LogP contribution in [0.5, 0.6) is 5.75 Å². The summed E-state index contributed by atoms with van der Waals surface area (Å²) in [5.74, 6) is -6.40. The van der Waals surface area contributed by atoms with E-state index in [0.717, 1.165) is 22.9 Å². The largest absolute Gasteiger partial charge is 0.508 e. The molecule has 2 fully saturated rings. The van der Waals surface area contributed by atoms with E-state index in [4.69, 9.17) is 5.73 Å². The quantitative estimate of drug-likeness (QED) is 0.126. The molecular formula is C31H30N6O10S. The van der Waals surface area contributed by atoms with Crippen molar-refractivity contribution in [3.05, 3.63) is 76.2 Å². The second kappa shape index (κ2) is 12.9. The average Bonchev–Trinajstić information content (AvgIpc) is 3.30. The topological polar surface area (TPSA) is 242 Å². The van der Waals surface area contributed by atoms with Crippen molar-refractivity contribution >= 4 is 53.0 Å². The van der Waals surface area contributed by atoms with Gasteiger partial charge in [0.05, 0.1) is 6.61 Å². The maximum absolute atomic E-state index is 14.0. The Balaban J connectivity index is 1.45. The third-order valence-electron chi connectivity index (χ3n) is 7.81. The molecule has 4 atom stereocenters. The van der Waals surface area contributed by atoms with Crippen LogP contribution in [-0.2, 0) is 28.7 Å². The van der Waals surface area contributed by atoms with E-state index in [1.807, 2.05) is 0 Å². The fourth-order valence-electron chi connectivity index (χ4n) is 5.48. The minimum atomic E-state index is -1.50. The first-order chi connectivity index (χ1) is 22.7. The Morgan fingerprint density at radius 3 is 2.33 bits per heavy atom. The number of phenols is 1. The van der Waals surface area contributed by atoms with Crippen molar-refractivity contribution in [1.82, 2.24) is 19.8 Å². The summed E-state index contributed by atoms with van der Waals surface area (Å²) in [5.41, 5.74) is 5.51. The summed E-state index contributed by atoms with van der Waals surface area (Å²) in [4.78, 5) is 98.6. The van der Waals surface area contributed by atoms with Crippen molar-refractivity contribution in [2.24, 2.45) is 5.73 Å². The second-order valence-electron chi connectivity index (χ2n) is 11.4. The first-order valence-electron chi connectivity index (χ1n) is 14.5. The fourth-order valence-corrected chi connectivity index (χ4v) is 7.15. The van der Waals surface area contributed by atoms with Crippen molar-refractivity contribution in [2.75, 3.05) is 11.9 Å². The Morgan fingerprint density at radius 1 is 1.10 bits per heavy atom. The molecule has 250 valence electrons. The average molecular weight is 679 g/mol. The van der Waals surface area contributed by atoms with E-state index in [0.29, 0.717) is 10.5 Å². The maximum Gasteiger partial charge on any atom is 0.397 e.